The van der Waals surface area contributed by atoms with Crippen LogP contribution in [-0.2, 0) is 6.54 Å². The molecule has 0 radical (unpaired) electrons. The highest BCUT2D eigenvalue weighted by Crippen LogP contribution is 2.19. The SMILES string of the molecule is BrC[C@H]1CCCN(Cc2ccccc2)C1. The zero-order valence-electron chi connectivity index (χ0n) is 9.03. The van der Waals surface area contributed by atoms with Gasteiger partial charge in [0.2, 0.25) is 0 Å². The van der Waals surface area contributed by atoms with Crippen LogP contribution >= 0.6 is 15.9 Å². The van der Waals surface area contributed by atoms with Crippen LogP contribution in [0, 0.1) is 5.92 Å². The number of benzene rings is 1. The summed E-state index contributed by atoms with van der Waals surface area (Å²) in [5.74, 6) is 0.850. The molecule has 1 aliphatic rings. The summed E-state index contributed by atoms with van der Waals surface area (Å²) in [6.07, 6.45) is 2.74. The molecule has 1 saturated heterocycles. The maximum absolute atomic E-state index is 3.60. The molecule has 82 valence electrons. The third-order valence-corrected chi connectivity index (χ3v) is 3.99. The Hall–Kier alpha value is -0.340. The molecule has 0 aromatic heterocycles. The molecule has 1 fully saturated rings. The van der Waals surface area contributed by atoms with Gasteiger partial charge in [-0.2, -0.15) is 0 Å². The fourth-order valence-corrected chi connectivity index (χ4v) is 2.79. The van der Waals surface area contributed by atoms with Crippen molar-refractivity contribution in [1.29, 1.82) is 0 Å². The molecule has 0 spiro atoms. The molecule has 0 unspecified atom stereocenters. The van der Waals surface area contributed by atoms with Crippen molar-refractivity contribution in [3.8, 4) is 0 Å². The molecule has 1 atom stereocenters. The number of likely N-dealkylation sites (tertiary alicyclic amines) is 1. The Labute approximate surface area is 101 Å². The highest BCUT2D eigenvalue weighted by atomic mass is 79.9. The molecule has 1 aliphatic heterocycles. The van der Waals surface area contributed by atoms with E-state index in [1.807, 2.05) is 0 Å². The number of halogens is 1. The van der Waals surface area contributed by atoms with E-state index in [1.165, 1.54) is 31.5 Å². The summed E-state index contributed by atoms with van der Waals surface area (Å²) in [4.78, 5) is 2.57. The second-order valence-corrected chi connectivity index (χ2v) is 5.03. The van der Waals surface area contributed by atoms with E-state index in [1.54, 1.807) is 0 Å². The number of rotatable bonds is 3. The Morgan fingerprint density at radius 2 is 2.07 bits per heavy atom. The summed E-state index contributed by atoms with van der Waals surface area (Å²) in [5, 5.41) is 1.15. The van der Waals surface area contributed by atoms with Crippen LogP contribution in [0.3, 0.4) is 0 Å². The largest absolute Gasteiger partial charge is 0.299 e. The Morgan fingerprint density at radius 1 is 1.27 bits per heavy atom. The Balaban J connectivity index is 1.89. The highest BCUT2D eigenvalue weighted by Gasteiger charge is 2.18. The first kappa shape index (κ1) is 11.2. The van der Waals surface area contributed by atoms with Gasteiger partial charge in [-0.25, -0.2) is 0 Å². The van der Waals surface area contributed by atoms with Gasteiger partial charge in [-0.15, -0.1) is 0 Å². The van der Waals surface area contributed by atoms with Gasteiger partial charge in [-0.3, -0.25) is 4.90 Å². The van der Waals surface area contributed by atoms with E-state index in [9.17, 15) is 0 Å². The lowest BCUT2D eigenvalue weighted by Crippen LogP contribution is -2.35. The molecule has 0 N–H and O–H groups in total. The quantitative estimate of drug-likeness (QED) is 0.760. The summed E-state index contributed by atoms with van der Waals surface area (Å²) < 4.78 is 0. The van der Waals surface area contributed by atoms with Crippen molar-refractivity contribution in [1.82, 2.24) is 4.90 Å². The topological polar surface area (TPSA) is 3.24 Å². The van der Waals surface area contributed by atoms with Gasteiger partial charge in [-0.05, 0) is 30.9 Å². The third kappa shape index (κ3) is 3.32. The standard InChI is InChI=1S/C13H18BrN/c14-9-13-7-4-8-15(11-13)10-12-5-2-1-3-6-12/h1-3,5-6,13H,4,7-11H2/t13-/m1/s1. The van der Waals surface area contributed by atoms with Crippen LogP contribution in [0.2, 0.25) is 0 Å². The molecule has 0 saturated carbocycles. The lowest BCUT2D eigenvalue weighted by molar-refractivity contribution is 0.179. The summed E-state index contributed by atoms with van der Waals surface area (Å²) in [6.45, 7) is 3.63. The van der Waals surface area contributed by atoms with Crippen LogP contribution in [-0.4, -0.2) is 23.3 Å². The van der Waals surface area contributed by atoms with Crippen LogP contribution in [0.4, 0.5) is 0 Å². The molecule has 15 heavy (non-hydrogen) atoms. The Morgan fingerprint density at radius 3 is 2.80 bits per heavy atom. The van der Waals surface area contributed by atoms with E-state index in [0.717, 1.165) is 17.8 Å². The number of nitrogens with zero attached hydrogens (tertiary/aromatic N) is 1. The first-order valence-corrected chi connectivity index (χ1v) is 6.83. The highest BCUT2D eigenvalue weighted by molar-refractivity contribution is 9.09. The van der Waals surface area contributed by atoms with Gasteiger partial charge in [0.1, 0.15) is 0 Å². The maximum atomic E-state index is 3.60. The first-order chi connectivity index (χ1) is 7.38. The molecule has 0 aliphatic carbocycles. The van der Waals surface area contributed by atoms with Crippen LogP contribution in [0.5, 0.6) is 0 Å². The van der Waals surface area contributed by atoms with Crippen LogP contribution in [0.15, 0.2) is 30.3 Å². The molecule has 1 nitrogen and oxygen atoms in total. The zero-order valence-corrected chi connectivity index (χ0v) is 10.6. The van der Waals surface area contributed by atoms with Crippen LogP contribution < -0.4 is 0 Å². The third-order valence-electron chi connectivity index (χ3n) is 3.07. The van der Waals surface area contributed by atoms with Gasteiger partial charge >= 0.3 is 0 Å². The molecule has 1 heterocycles. The number of alkyl halides is 1. The van der Waals surface area contributed by atoms with Gasteiger partial charge in [0, 0.05) is 18.4 Å². The predicted octanol–water partition coefficient (Wildman–Crippen LogP) is 3.29. The fraction of sp³-hybridized carbons (Fsp3) is 0.538. The Kier molecular flexibility index (Phi) is 4.21. The number of piperidine rings is 1. The molecule has 1 aromatic rings. The van der Waals surface area contributed by atoms with Crippen LogP contribution in [0.1, 0.15) is 18.4 Å². The molecule has 0 bridgehead atoms. The van der Waals surface area contributed by atoms with E-state index >= 15 is 0 Å². The minimum atomic E-state index is 0.850. The van der Waals surface area contributed by atoms with E-state index < -0.39 is 0 Å². The minimum Gasteiger partial charge on any atom is -0.299 e. The molecule has 2 rings (SSSR count). The van der Waals surface area contributed by atoms with Crippen molar-refractivity contribution in [2.24, 2.45) is 5.92 Å². The fourth-order valence-electron chi connectivity index (χ4n) is 2.26. The second-order valence-electron chi connectivity index (χ2n) is 4.38. The van der Waals surface area contributed by atoms with Crippen molar-refractivity contribution in [3.05, 3.63) is 35.9 Å². The van der Waals surface area contributed by atoms with Crippen molar-refractivity contribution in [3.63, 3.8) is 0 Å². The molecule has 2 heteroatoms. The average molecular weight is 268 g/mol. The number of hydrogen-bond donors (Lipinski definition) is 0. The van der Waals surface area contributed by atoms with Gasteiger partial charge in [0.25, 0.3) is 0 Å². The summed E-state index contributed by atoms with van der Waals surface area (Å²) in [6, 6.07) is 10.8. The monoisotopic (exact) mass is 267 g/mol. The minimum absolute atomic E-state index is 0.850. The second kappa shape index (κ2) is 5.66. The molecule has 1 aromatic carbocycles. The van der Waals surface area contributed by atoms with E-state index in [2.05, 4.69) is 51.2 Å². The lowest BCUT2D eigenvalue weighted by Gasteiger charge is -2.31. The predicted molar refractivity (Wildman–Crippen MR) is 68.2 cm³/mol. The Bertz CT molecular complexity index is 286. The van der Waals surface area contributed by atoms with Crippen molar-refractivity contribution in [2.75, 3.05) is 18.4 Å². The number of hydrogen-bond acceptors (Lipinski definition) is 1. The maximum Gasteiger partial charge on any atom is 0.0233 e. The average Bonchev–Trinajstić information content (AvgIpc) is 2.31. The van der Waals surface area contributed by atoms with E-state index in [-0.39, 0.29) is 0 Å². The first-order valence-electron chi connectivity index (χ1n) is 5.70. The smallest absolute Gasteiger partial charge is 0.0233 e. The lowest BCUT2D eigenvalue weighted by atomic mass is 10.00. The van der Waals surface area contributed by atoms with E-state index in [0.29, 0.717) is 0 Å². The molecular weight excluding hydrogens is 250 g/mol. The van der Waals surface area contributed by atoms with Gasteiger partial charge < -0.3 is 0 Å². The molecule has 0 amide bonds. The normalized spacial score (nSPS) is 22.9. The van der Waals surface area contributed by atoms with Gasteiger partial charge in [0.15, 0.2) is 0 Å². The summed E-state index contributed by atoms with van der Waals surface area (Å²) >= 11 is 3.60. The molecular formula is C13H18BrN. The van der Waals surface area contributed by atoms with E-state index in [4.69, 9.17) is 0 Å². The van der Waals surface area contributed by atoms with Crippen molar-refractivity contribution in [2.45, 2.75) is 19.4 Å². The van der Waals surface area contributed by atoms with Crippen molar-refractivity contribution < 1.29 is 0 Å². The van der Waals surface area contributed by atoms with Crippen molar-refractivity contribution >= 4 is 15.9 Å². The summed E-state index contributed by atoms with van der Waals surface area (Å²) in [7, 11) is 0. The zero-order chi connectivity index (χ0) is 10.5. The van der Waals surface area contributed by atoms with Gasteiger partial charge in [-0.1, -0.05) is 46.3 Å². The van der Waals surface area contributed by atoms with Gasteiger partial charge in [0.05, 0.1) is 0 Å². The van der Waals surface area contributed by atoms with Crippen LogP contribution in [0.25, 0.3) is 0 Å². The summed E-state index contributed by atoms with van der Waals surface area (Å²) in [5.41, 5.74) is 1.44.